The molecule has 1 aliphatic heterocycles. The number of amides is 2. The van der Waals surface area contributed by atoms with Gasteiger partial charge in [0.05, 0.1) is 30.5 Å². The van der Waals surface area contributed by atoms with Crippen LogP contribution in [-0.4, -0.2) is 63.9 Å². The number of esters is 1. The van der Waals surface area contributed by atoms with Gasteiger partial charge in [0.1, 0.15) is 11.6 Å². The number of carbonyl (C=O) groups excluding carboxylic acids is 3. The number of hydrogen-bond donors (Lipinski definition) is 2. The maximum absolute atomic E-state index is 13.5. The number of aromatic amines is 1. The molecule has 2 aliphatic carbocycles. The first-order chi connectivity index (χ1) is 16.0. The highest BCUT2D eigenvalue weighted by Crippen LogP contribution is 2.39. The molecule has 9 heteroatoms. The molecule has 0 spiro atoms. The molecule has 3 aliphatic rings. The largest absolute Gasteiger partial charge is 0.469 e. The van der Waals surface area contributed by atoms with E-state index >= 15 is 0 Å². The van der Waals surface area contributed by atoms with E-state index in [4.69, 9.17) is 9.72 Å². The first-order valence-corrected chi connectivity index (χ1v) is 12.1. The maximum atomic E-state index is 13.5. The highest BCUT2D eigenvalue weighted by Gasteiger charge is 2.39. The second-order valence-corrected chi connectivity index (χ2v) is 9.61. The van der Waals surface area contributed by atoms with Gasteiger partial charge in [0.2, 0.25) is 5.91 Å². The molecule has 2 atom stereocenters. The van der Waals surface area contributed by atoms with E-state index < -0.39 is 6.04 Å². The van der Waals surface area contributed by atoms with Gasteiger partial charge in [0.25, 0.3) is 5.91 Å². The van der Waals surface area contributed by atoms with Crippen LogP contribution in [0.15, 0.2) is 12.4 Å². The number of aromatic nitrogens is 3. The standard InChI is InChI=1S/C24H31N5O4/c1-33-24(32)16-9-10-29(13-16)23(31)19(15-5-3-2-4-6-15)28-22(30)17-11-25-21-20(17)27-18(12-26-21)14-7-8-14/h11-12,14-16,19H,2-10,13H2,1H3,(H,25,26)(H,28,30). The molecule has 2 saturated carbocycles. The summed E-state index contributed by atoms with van der Waals surface area (Å²) in [5.74, 6) is -0.478. The van der Waals surface area contributed by atoms with E-state index in [0.717, 1.165) is 50.6 Å². The van der Waals surface area contributed by atoms with Crippen LogP contribution >= 0.6 is 0 Å². The number of nitrogens with one attached hydrogen (secondary N) is 2. The summed E-state index contributed by atoms with van der Waals surface area (Å²) in [5, 5.41) is 3.05. The maximum Gasteiger partial charge on any atom is 0.310 e. The minimum atomic E-state index is -0.612. The predicted molar refractivity (Wildman–Crippen MR) is 120 cm³/mol. The van der Waals surface area contributed by atoms with Gasteiger partial charge in [-0.25, -0.2) is 9.97 Å². The van der Waals surface area contributed by atoms with Crippen LogP contribution in [0.1, 0.15) is 73.3 Å². The molecular formula is C24H31N5O4. The molecule has 33 heavy (non-hydrogen) atoms. The molecule has 2 N–H and O–H groups in total. The Morgan fingerprint density at radius 2 is 1.94 bits per heavy atom. The smallest absolute Gasteiger partial charge is 0.310 e. The number of hydrogen-bond acceptors (Lipinski definition) is 6. The van der Waals surface area contributed by atoms with Crippen molar-refractivity contribution in [1.82, 2.24) is 25.2 Å². The van der Waals surface area contributed by atoms with Gasteiger partial charge in [0.15, 0.2) is 5.65 Å². The van der Waals surface area contributed by atoms with Gasteiger partial charge in [-0.2, -0.15) is 0 Å². The average molecular weight is 454 g/mol. The molecule has 0 bridgehead atoms. The van der Waals surface area contributed by atoms with Crippen LogP contribution < -0.4 is 5.32 Å². The molecule has 0 aromatic carbocycles. The van der Waals surface area contributed by atoms with Crippen LogP contribution in [0.3, 0.4) is 0 Å². The molecule has 2 aromatic rings. The first-order valence-electron chi connectivity index (χ1n) is 12.1. The molecule has 2 aromatic heterocycles. The fourth-order valence-electron chi connectivity index (χ4n) is 5.24. The summed E-state index contributed by atoms with van der Waals surface area (Å²) in [7, 11) is 1.37. The van der Waals surface area contributed by atoms with Crippen LogP contribution in [0, 0.1) is 11.8 Å². The van der Waals surface area contributed by atoms with Gasteiger partial charge in [0, 0.05) is 25.2 Å². The van der Waals surface area contributed by atoms with Gasteiger partial charge in [-0.15, -0.1) is 0 Å². The zero-order chi connectivity index (χ0) is 22.9. The van der Waals surface area contributed by atoms with Crippen molar-refractivity contribution in [1.29, 1.82) is 0 Å². The second-order valence-electron chi connectivity index (χ2n) is 9.61. The molecule has 3 fully saturated rings. The van der Waals surface area contributed by atoms with Crippen LogP contribution in [0.25, 0.3) is 11.2 Å². The van der Waals surface area contributed by atoms with Crippen molar-refractivity contribution >= 4 is 28.9 Å². The number of fused-ring (bicyclic) bond motifs is 1. The van der Waals surface area contributed by atoms with E-state index in [1.54, 1.807) is 17.3 Å². The predicted octanol–water partition coefficient (Wildman–Crippen LogP) is 2.54. The topological polar surface area (TPSA) is 117 Å². The van der Waals surface area contributed by atoms with Crippen LogP contribution in [0.4, 0.5) is 0 Å². The minimum Gasteiger partial charge on any atom is -0.469 e. The highest BCUT2D eigenvalue weighted by atomic mass is 16.5. The third kappa shape index (κ3) is 4.45. The zero-order valence-electron chi connectivity index (χ0n) is 19.0. The Hall–Kier alpha value is -2.97. The summed E-state index contributed by atoms with van der Waals surface area (Å²) in [6.07, 6.45) is 11.3. The molecule has 1 saturated heterocycles. The molecule has 2 amide bonds. The van der Waals surface area contributed by atoms with E-state index in [2.05, 4.69) is 15.3 Å². The van der Waals surface area contributed by atoms with Crippen molar-refractivity contribution < 1.29 is 19.1 Å². The highest BCUT2D eigenvalue weighted by molar-refractivity contribution is 6.06. The van der Waals surface area contributed by atoms with Crippen molar-refractivity contribution in [3.63, 3.8) is 0 Å². The Morgan fingerprint density at radius 1 is 1.15 bits per heavy atom. The molecule has 9 nitrogen and oxygen atoms in total. The van der Waals surface area contributed by atoms with E-state index in [1.807, 2.05) is 0 Å². The van der Waals surface area contributed by atoms with E-state index in [1.165, 1.54) is 7.11 Å². The lowest BCUT2D eigenvalue weighted by Gasteiger charge is -2.32. The third-order valence-corrected chi connectivity index (χ3v) is 7.35. The summed E-state index contributed by atoms with van der Waals surface area (Å²) in [4.78, 5) is 52.7. The molecule has 176 valence electrons. The van der Waals surface area contributed by atoms with Crippen LogP contribution in [-0.2, 0) is 14.3 Å². The Kier molecular flexibility index (Phi) is 6.03. The molecule has 5 rings (SSSR count). The number of ether oxygens (including phenoxy) is 1. The van der Waals surface area contributed by atoms with Crippen molar-refractivity contribution in [2.24, 2.45) is 11.8 Å². The van der Waals surface area contributed by atoms with Crippen molar-refractivity contribution in [2.45, 2.75) is 63.3 Å². The van der Waals surface area contributed by atoms with Crippen molar-refractivity contribution in [2.75, 3.05) is 20.2 Å². The monoisotopic (exact) mass is 453 g/mol. The summed E-state index contributed by atoms with van der Waals surface area (Å²) in [5.41, 5.74) is 2.47. The van der Waals surface area contributed by atoms with Crippen LogP contribution in [0.2, 0.25) is 0 Å². The number of rotatable bonds is 6. The Morgan fingerprint density at radius 3 is 2.67 bits per heavy atom. The average Bonchev–Trinajstić information content (AvgIpc) is 3.42. The molecule has 3 heterocycles. The van der Waals surface area contributed by atoms with Crippen molar-refractivity contribution in [3.05, 3.63) is 23.7 Å². The Balaban J connectivity index is 1.36. The molecular weight excluding hydrogens is 422 g/mol. The number of likely N-dealkylation sites (tertiary alicyclic amines) is 1. The minimum absolute atomic E-state index is 0.0886. The number of H-pyrrole nitrogens is 1. The SMILES string of the molecule is COC(=O)C1CCN(C(=O)C(NC(=O)c2c[nH]c3ncc(C4CC4)nc23)C2CCCCC2)C1. The quantitative estimate of drug-likeness (QED) is 0.649. The fraction of sp³-hybridized carbons (Fsp3) is 0.625. The fourth-order valence-corrected chi connectivity index (χ4v) is 5.24. The van der Waals surface area contributed by atoms with E-state index in [9.17, 15) is 14.4 Å². The van der Waals surface area contributed by atoms with Gasteiger partial charge < -0.3 is 19.9 Å². The molecule has 2 unspecified atom stereocenters. The lowest BCUT2D eigenvalue weighted by Crippen LogP contribution is -2.52. The van der Waals surface area contributed by atoms with Gasteiger partial charge in [-0.3, -0.25) is 14.4 Å². The van der Waals surface area contributed by atoms with Crippen molar-refractivity contribution in [3.8, 4) is 0 Å². The summed E-state index contributed by atoms with van der Waals surface area (Å²) in [6.45, 7) is 0.842. The van der Waals surface area contributed by atoms with Gasteiger partial charge >= 0.3 is 5.97 Å². The van der Waals surface area contributed by atoms with E-state index in [-0.39, 0.29) is 29.6 Å². The lowest BCUT2D eigenvalue weighted by atomic mass is 9.83. The Bertz CT molecular complexity index is 1060. The van der Waals surface area contributed by atoms with Gasteiger partial charge in [-0.1, -0.05) is 19.3 Å². The summed E-state index contributed by atoms with van der Waals surface area (Å²) in [6, 6.07) is -0.612. The molecule has 0 radical (unpaired) electrons. The van der Waals surface area contributed by atoms with Gasteiger partial charge in [-0.05, 0) is 38.0 Å². The van der Waals surface area contributed by atoms with Crippen LogP contribution in [0.5, 0.6) is 0 Å². The normalized spacial score (nSPS) is 22.3. The lowest BCUT2D eigenvalue weighted by molar-refractivity contribution is -0.145. The number of methoxy groups -OCH3 is 1. The third-order valence-electron chi connectivity index (χ3n) is 7.35. The number of carbonyl (C=O) groups is 3. The second kappa shape index (κ2) is 9.11. The summed E-state index contributed by atoms with van der Waals surface area (Å²) >= 11 is 0. The number of nitrogens with zero attached hydrogens (tertiary/aromatic N) is 3. The zero-order valence-corrected chi connectivity index (χ0v) is 19.0. The Labute approximate surface area is 192 Å². The first kappa shape index (κ1) is 21.9. The summed E-state index contributed by atoms with van der Waals surface area (Å²) < 4.78 is 4.86. The van der Waals surface area contributed by atoms with E-state index in [0.29, 0.717) is 42.2 Å².